The van der Waals surface area contributed by atoms with Gasteiger partial charge in [-0.05, 0) is 60.5 Å². The van der Waals surface area contributed by atoms with Gasteiger partial charge in [0.25, 0.3) is 0 Å². The Morgan fingerprint density at radius 1 is 0.931 bits per heavy atom. The van der Waals surface area contributed by atoms with Crippen molar-refractivity contribution in [2.45, 2.75) is 38.7 Å². The molecule has 4 heteroatoms. The Morgan fingerprint density at radius 2 is 1.66 bits per heavy atom. The molecule has 148 valence electrons. The number of carbonyl (C=O) groups excluding carboxylic acids is 1. The lowest BCUT2D eigenvalue weighted by Crippen LogP contribution is -2.42. The molecule has 0 unspecified atom stereocenters. The maximum atomic E-state index is 12.2. The van der Waals surface area contributed by atoms with Crippen molar-refractivity contribution in [3.05, 3.63) is 60.4 Å². The number of piperidine rings is 1. The van der Waals surface area contributed by atoms with Crippen LogP contribution in [0.2, 0.25) is 0 Å². The van der Waals surface area contributed by atoms with Gasteiger partial charge in [0.15, 0.2) is 0 Å². The molecular weight excluding hydrogens is 360 g/mol. The molecule has 5 rings (SSSR count). The van der Waals surface area contributed by atoms with E-state index in [4.69, 9.17) is 4.74 Å². The van der Waals surface area contributed by atoms with Gasteiger partial charge in [-0.3, -0.25) is 9.78 Å². The van der Waals surface area contributed by atoms with Crippen LogP contribution < -0.4 is 4.74 Å². The molecule has 3 aromatic rings. The number of carbonyl (C=O) groups is 1. The Morgan fingerprint density at radius 3 is 2.38 bits per heavy atom. The topological polar surface area (TPSA) is 42.4 Å². The van der Waals surface area contributed by atoms with Crippen LogP contribution in [0.5, 0.6) is 5.75 Å². The maximum absolute atomic E-state index is 12.2. The highest BCUT2D eigenvalue weighted by Crippen LogP contribution is 2.32. The number of fused-ring (bicyclic) bond motifs is 1. The molecule has 2 fully saturated rings. The van der Waals surface area contributed by atoms with Gasteiger partial charge in [0.05, 0.1) is 0 Å². The monoisotopic (exact) mass is 386 g/mol. The molecule has 4 nitrogen and oxygen atoms in total. The predicted octanol–water partition coefficient (Wildman–Crippen LogP) is 4.99. The fourth-order valence-corrected chi connectivity index (χ4v) is 4.13. The van der Waals surface area contributed by atoms with Gasteiger partial charge in [-0.2, -0.15) is 0 Å². The van der Waals surface area contributed by atoms with E-state index in [0.29, 0.717) is 11.8 Å². The zero-order valence-electron chi connectivity index (χ0n) is 16.8. The minimum atomic E-state index is 0.195. The molecule has 1 amide bonds. The zero-order valence-corrected chi connectivity index (χ0v) is 16.8. The van der Waals surface area contributed by atoms with Crippen LogP contribution in [0.15, 0.2) is 54.7 Å². The number of ether oxygens (including phenoxy) is 1. The van der Waals surface area contributed by atoms with Crippen molar-refractivity contribution in [1.82, 2.24) is 9.88 Å². The molecule has 0 radical (unpaired) electrons. The van der Waals surface area contributed by atoms with Gasteiger partial charge >= 0.3 is 0 Å². The molecule has 29 heavy (non-hydrogen) atoms. The summed E-state index contributed by atoms with van der Waals surface area (Å²) in [6, 6.07) is 17.0. The Hall–Kier alpha value is -2.88. The Bertz CT molecular complexity index is 1030. The van der Waals surface area contributed by atoms with Crippen LogP contribution in [0, 0.1) is 12.8 Å². The van der Waals surface area contributed by atoms with Crippen molar-refractivity contribution >= 4 is 16.7 Å². The lowest BCUT2D eigenvalue weighted by Gasteiger charge is -2.32. The van der Waals surface area contributed by atoms with E-state index in [2.05, 4.69) is 53.5 Å². The smallest absolute Gasteiger partial charge is 0.225 e. The lowest BCUT2D eigenvalue weighted by molar-refractivity contribution is -0.134. The first-order valence-electron chi connectivity index (χ1n) is 10.6. The molecule has 2 heterocycles. The van der Waals surface area contributed by atoms with Gasteiger partial charge in [-0.25, -0.2) is 0 Å². The van der Waals surface area contributed by atoms with Gasteiger partial charge < -0.3 is 9.64 Å². The fraction of sp³-hybridized carbons (Fsp3) is 0.360. The number of hydrogen-bond donors (Lipinski definition) is 0. The van der Waals surface area contributed by atoms with Crippen LogP contribution in [0.3, 0.4) is 0 Å². The van der Waals surface area contributed by atoms with E-state index in [1.165, 1.54) is 16.5 Å². The summed E-state index contributed by atoms with van der Waals surface area (Å²) < 4.78 is 6.19. The second-order valence-corrected chi connectivity index (χ2v) is 8.33. The van der Waals surface area contributed by atoms with E-state index in [1.54, 1.807) is 0 Å². The first kappa shape index (κ1) is 18.2. The average Bonchev–Trinajstić information content (AvgIpc) is 3.59. The third-order valence-corrected chi connectivity index (χ3v) is 6.03. The van der Waals surface area contributed by atoms with Crippen molar-refractivity contribution in [3.8, 4) is 16.9 Å². The van der Waals surface area contributed by atoms with Crippen LogP contribution in [-0.2, 0) is 4.79 Å². The Kier molecular flexibility index (Phi) is 4.70. The van der Waals surface area contributed by atoms with E-state index in [1.807, 2.05) is 18.0 Å². The second-order valence-electron chi connectivity index (χ2n) is 8.33. The molecule has 0 bridgehead atoms. The van der Waals surface area contributed by atoms with Crippen molar-refractivity contribution in [2.75, 3.05) is 13.1 Å². The van der Waals surface area contributed by atoms with Gasteiger partial charge in [0.2, 0.25) is 5.91 Å². The number of pyridine rings is 1. The fourth-order valence-electron chi connectivity index (χ4n) is 4.13. The van der Waals surface area contributed by atoms with Crippen LogP contribution in [-0.4, -0.2) is 35.0 Å². The highest BCUT2D eigenvalue weighted by molar-refractivity contribution is 5.87. The van der Waals surface area contributed by atoms with Crippen molar-refractivity contribution < 1.29 is 9.53 Å². The third-order valence-electron chi connectivity index (χ3n) is 6.03. The number of benzene rings is 2. The summed E-state index contributed by atoms with van der Waals surface area (Å²) >= 11 is 0. The van der Waals surface area contributed by atoms with Crippen molar-refractivity contribution in [2.24, 2.45) is 5.92 Å². The quantitative estimate of drug-likeness (QED) is 0.634. The van der Waals surface area contributed by atoms with Crippen molar-refractivity contribution in [3.63, 3.8) is 0 Å². The van der Waals surface area contributed by atoms with Gasteiger partial charge in [-0.15, -0.1) is 0 Å². The van der Waals surface area contributed by atoms with Gasteiger partial charge in [0, 0.05) is 49.1 Å². The molecule has 2 aliphatic rings. The number of nitrogens with zero attached hydrogens (tertiary/aromatic N) is 2. The van der Waals surface area contributed by atoms with E-state index >= 15 is 0 Å². The van der Waals surface area contributed by atoms with Crippen LogP contribution in [0.25, 0.3) is 21.9 Å². The molecule has 1 saturated carbocycles. The van der Waals surface area contributed by atoms with Crippen LogP contribution in [0.1, 0.15) is 31.4 Å². The van der Waals surface area contributed by atoms with E-state index < -0.39 is 0 Å². The average molecular weight is 386 g/mol. The number of amides is 1. The summed E-state index contributed by atoms with van der Waals surface area (Å²) in [5.74, 6) is 1.58. The molecule has 2 aromatic carbocycles. The third kappa shape index (κ3) is 3.98. The van der Waals surface area contributed by atoms with E-state index in [9.17, 15) is 4.79 Å². The summed E-state index contributed by atoms with van der Waals surface area (Å²) in [4.78, 5) is 18.6. The summed E-state index contributed by atoms with van der Waals surface area (Å²) in [5, 5.41) is 2.37. The minimum absolute atomic E-state index is 0.195. The SMILES string of the molecule is Cc1cc2cc(-c3ccc(OC4CCN(C(=O)C5CC5)CC4)cc3)ccc2cn1. The molecule has 1 saturated heterocycles. The van der Waals surface area contributed by atoms with Crippen LogP contribution >= 0.6 is 0 Å². The number of likely N-dealkylation sites (tertiary alicyclic amines) is 1. The standard InChI is InChI=1S/C25H26N2O2/c1-17-14-22-15-20(4-5-21(22)16-26-17)18-6-8-23(9-7-18)29-24-10-12-27(13-11-24)25(28)19-2-3-19/h4-9,14-16,19,24H,2-3,10-13H2,1H3. The molecule has 1 aliphatic carbocycles. The number of aromatic nitrogens is 1. The highest BCUT2D eigenvalue weighted by atomic mass is 16.5. The summed E-state index contributed by atoms with van der Waals surface area (Å²) in [6.07, 6.45) is 6.11. The zero-order chi connectivity index (χ0) is 19.8. The Balaban J connectivity index is 1.23. The highest BCUT2D eigenvalue weighted by Gasteiger charge is 2.35. The maximum Gasteiger partial charge on any atom is 0.225 e. The number of hydrogen-bond acceptors (Lipinski definition) is 3. The van der Waals surface area contributed by atoms with Crippen LogP contribution in [0.4, 0.5) is 0 Å². The molecule has 0 atom stereocenters. The molecular formula is C25H26N2O2. The molecule has 1 aromatic heterocycles. The normalized spacial score (nSPS) is 17.5. The first-order chi connectivity index (χ1) is 14.2. The predicted molar refractivity (Wildman–Crippen MR) is 115 cm³/mol. The lowest BCUT2D eigenvalue weighted by atomic mass is 10.0. The second kappa shape index (κ2) is 7.51. The Labute approximate surface area is 171 Å². The minimum Gasteiger partial charge on any atom is -0.490 e. The van der Waals surface area contributed by atoms with Crippen molar-refractivity contribution in [1.29, 1.82) is 0 Å². The van der Waals surface area contributed by atoms with E-state index in [-0.39, 0.29) is 6.10 Å². The number of aryl methyl sites for hydroxylation is 1. The van der Waals surface area contributed by atoms with Gasteiger partial charge in [-0.1, -0.05) is 24.3 Å². The summed E-state index contributed by atoms with van der Waals surface area (Å²) in [7, 11) is 0. The number of rotatable bonds is 4. The first-order valence-corrected chi connectivity index (χ1v) is 10.6. The van der Waals surface area contributed by atoms with E-state index in [0.717, 1.165) is 55.6 Å². The molecule has 0 spiro atoms. The summed E-state index contributed by atoms with van der Waals surface area (Å²) in [5.41, 5.74) is 3.41. The molecule has 0 N–H and O–H groups in total. The summed E-state index contributed by atoms with van der Waals surface area (Å²) in [6.45, 7) is 3.66. The van der Waals surface area contributed by atoms with Gasteiger partial charge in [0.1, 0.15) is 11.9 Å². The largest absolute Gasteiger partial charge is 0.490 e. The molecule has 1 aliphatic heterocycles.